The van der Waals surface area contributed by atoms with Crippen LogP contribution in [-0.4, -0.2) is 34.5 Å². The molecule has 0 heterocycles. The molecule has 0 aliphatic rings. The molecule has 2 rings (SSSR count). The Hall–Kier alpha value is -2.25. The van der Waals surface area contributed by atoms with E-state index in [9.17, 15) is 13.2 Å². The van der Waals surface area contributed by atoms with Gasteiger partial charge in [-0.15, -0.1) is 0 Å². The van der Waals surface area contributed by atoms with Crippen LogP contribution >= 0.6 is 11.6 Å². The number of methoxy groups -OCH3 is 1. The van der Waals surface area contributed by atoms with Crippen molar-refractivity contribution < 1.29 is 17.9 Å². The Morgan fingerprint density at radius 3 is 2.29 bits per heavy atom. The molecule has 0 bridgehead atoms. The first-order valence-electron chi connectivity index (χ1n) is 10.5. The van der Waals surface area contributed by atoms with Crippen molar-refractivity contribution in [1.29, 1.82) is 0 Å². The predicted molar refractivity (Wildman–Crippen MR) is 125 cm³/mol. The molecule has 8 heteroatoms. The van der Waals surface area contributed by atoms with Gasteiger partial charge in [-0.05, 0) is 60.9 Å². The van der Waals surface area contributed by atoms with Crippen LogP contribution in [-0.2, 0) is 14.8 Å². The summed E-state index contributed by atoms with van der Waals surface area (Å²) >= 11 is 5.97. The van der Waals surface area contributed by atoms with Gasteiger partial charge in [0.15, 0.2) is 0 Å². The fourth-order valence-corrected chi connectivity index (χ4v) is 4.73. The highest BCUT2D eigenvalue weighted by molar-refractivity contribution is 7.92. The highest BCUT2D eigenvalue weighted by Gasteiger charge is 2.27. The van der Waals surface area contributed by atoms with Crippen LogP contribution in [0.4, 0.5) is 5.69 Å². The van der Waals surface area contributed by atoms with E-state index in [2.05, 4.69) is 19.2 Å². The van der Waals surface area contributed by atoms with Gasteiger partial charge in [0.2, 0.25) is 5.91 Å². The SMILES string of the molecule is CCCCC(CC)CNC(=O)CN(c1ccc(Cl)cc1)S(=O)(=O)c1ccc(OC)cc1. The summed E-state index contributed by atoms with van der Waals surface area (Å²) in [4.78, 5) is 12.8. The van der Waals surface area contributed by atoms with Gasteiger partial charge in [0.1, 0.15) is 12.3 Å². The Morgan fingerprint density at radius 1 is 1.10 bits per heavy atom. The molecule has 2 aromatic rings. The van der Waals surface area contributed by atoms with Gasteiger partial charge in [0.05, 0.1) is 17.7 Å². The second-order valence-corrected chi connectivity index (χ2v) is 9.68. The summed E-state index contributed by atoms with van der Waals surface area (Å²) in [5.41, 5.74) is 0.369. The van der Waals surface area contributed by atoms with E-state index in [0.29, 0.717) is 28.9 Å². The molecule has 0 radical (unpaired) electrons. The molecule has 0 saturated carbocycles. The minimum atomic E-state index is -3.97. The summed E-state index contributed by atoms with van der Waals surface area (Å²) < 4.78 is 32.9. The Balaban J connectivity index is 2.24. The zero-order valence-electron chi connectivity index (χ0n) is 18.3. The maximum atomic E-state index is 13.4. The largest absolute Gasteiger partial charge is 0.497 e. The second-order valence-electron chi connectivity index (χ2n) is 7.38. The molecule has 1 N–H and O–H groups in total. The fraction of sp³-hybridized carbons (Fsp3) is 0.435. The van der Waals surface area contributed by atoms with E-state index >= 15 is 0 Å². The predicted octanol–water partition coefficient (Wildman–Crippen LogP) is 4.88. The van der Waals surface area contributed by atoms with Gasteiger partial charge in [-0.3, -0.25) is 9.10 Å². The average molecular weight is 467 g/mol. The third-order valence-corrected chi connectivity index (χ3v) is 7.22. The first-order chi connectivity index (χ1) is 14.8. The summed E-state index contributed by atoms with van der Waals surface area (Å²) in [6, 6.07) is 12.5. The number of nitrogens with zero attached hydrogens (tertiary/aromatic N) is 1. The van der Waals surface area contributed by atoms with Crippen LogP contribution in [0.2, 0.25) is 5.02 Å². The van der Waals surface area contributed by atoms with Crippen LogP contribution in [0.1, 0.15) is 39.5 Å². The van der Waals surface area contributed by atoms with Crippen LogP contribution < -0.4 is 14.4 Å². The number of carbonyl (C=O) groups excluding carboxylic acids is 1. The number of unbranched alkanes of at least 4 members (excludes halogenated alkanes) is 1. The number of nitrogens with one attached hydrogen (secondary N) is 1. The summed E-state index contributed by atoms with van der Waals surface area (Å²) in [5, 5.41) is 3.39. The van der Waals surface area contributed by atoms with E-state index < -0.39 is 10.0 Å². The monoisotopic (exact) mass is 466 g/mol. The number of hydrogen-bond acceptors (Lipinski definition) is 4. The minimum Gasteiger partial charge on any atom is -0.497 e. The quantitative estimate of drug-likeness (QED) is 0.483. The molecule has 6 nitrogen and oxygen atoms in total. The van der Waals surface area contributed by atoms with Gasteiger partial charge in [-0.25, -0.2) is 8.42 Å². The lowest BCUT2D eigenvalue weighted by molar-refractivity contribution is -0.119. The molecule has 2 aromatic carbocycles. The molecular formula is C23H31ClN2O4S. The smallest absolute Gasteiger partial charge is 0.264 e. The zero-order chi connectivity index (χ0) is 22.9. The third kappa shape index (κ3) is 7.14. The Labute approximate surface area is 190 Å². The minimum absolute atomic E-state index is 0.0745. The molecule has 170 valence electrons. The van der Waals surface area contributed by atoms with Gasteiger partial charge in [-0.1, -0.05) is 44.7 Å². The van der Waals surface area contributed by atoms with Crippen LogP contribution in [0.25, 0.3) is 0 Å². The van der Waals surface area contributed by atoms with Crippen molar-refractivity contribution in [3.05, 3.63) is 53.6 Å². The van der Waals surface area contributed by atoms with E-state index in [1.165, 1.54) is 19.2 Å². The highest BCUT2D eigenvalue weighted by atomic mass is 35.5. The lowest BCUT2D eigenvalue weighted by Crippen LogP contribution is -2.42. The van der Waals surface area contributed by atoms with Crippen LogP contribution in [0, 0.1) is 5.92 Å². The van der Waals surface area contributed by atoms with E-state index in [4.69, 9.17) is 16.3 Å². The van der Waals surface area contributed by atoms with E-state index in [1.807, 2.05) is 0 Å². The van der Waals surface area contributed by atoms with Crippen molar-refractivity contribution in [2.75, 3.05) is 24.5 Å². The Bertz CT molecular complexity index is 931. The molecule has 0 saturated heterocycles. The number of hydrogen-bond donors (Lipinski definition) is 1. The number of carbonyl (C=O) groups is 1. The molecule has 0 fully saturated rings. The molecule has 1 amide bonds. The standard InChI is InChI=1S/C23H31ClN2O4S/c1-4-6-7-18(5-2)16-25-23(27)17-26(20-10-8-19(24)9-11-20)31(28,29)22-14-12-21(30-3)13-15-22/h8-15,18H,4-7,16-17H2,1-3H3,(H,25,27). The number of benzene rings is 2. The summed E-state index contributed by atoms with van der Waals surface area (Å²) in [5.74, 6) is 0.584. The van der Waals surface area contributed by atoms with Crippen molar-refractivity contribution >= 4 is 33.2 Å². The molecule has 31 heavy (non-hydrogen) atoms. The van der Waals surface area contributed by atoms with Crippen LogP contribution in [0.3, 0.4) is 0 Å². The topological polar surface area (TPSA) is 75.7 Å². The van der Waals surface area contributed by atoms with E-state index in [0.717, 1.165) is 30.0 Å². The van der Waals surface area contributed by atoms with Crippen molar-refractivity contribution in [3.8, 4) is 5.75 Å². The number of amides is 1. The van der Waals surface area contributed by atoms with Gasteiger partial charge in [0, 0.05) is 11.6 Å². The number of sulfonamides is 1. The number of halogens is 1. The van der Waals surface area contributed by atoms with E-state index in [-0.39, 0.29) is 17.3 Å². The molecule has 0 aliphatic heterocycles. The number of ether oxygens (including phenoxy) is 1. The normalized spacial score (nSPS) is 12.3. The Morgan fingerprint density at radius 2 is 1.74 bits per heavy atom. The van der Waals surface area contributed by atoms with Crippen molar-refractivity contribution in [1.82, 2.24) is 5.32 Å². The average Bonchev–Trinajstić information content (AvgIpc) is 2.78. The highest BCUT2D eigenvalue weighted by Crippen LogP contribution is 2.26. The lowest BCUT2D eigenvalue weighted by Gasteiger charge is -2.25. The van der Waals surface area contributed by atoms with Crippen LogP contribution in [0.5, 0.6) is 5.75 Å². The molecule has 1 atom stereocenters. The Kier molecular flexibility index (Phi) is 9.65. The zero-order valence-corrected chi connectivity index (χ0v) is 19.9. The van der Waals surface area contributed by atoms with Crippen molar-refractivity contribution in [2.45, 2.75) is 44.4 Å². The second kappa shape index (κ2) is 12.0. The first kappa shape index (κ1) is 25.0. The van der Waals surface area contributed by atoms with Gasteiger partial charge >= 0.3 is 0 Å². The van der Waals surface area contributed by atoms with Gasteiger partial charge in [0.25, 0.3) is 10.0 Å². The number of anilines is 1. The molecule has 0 aliphatic carbocycles. The van der Waals surface area contributed by atoms with Crippen LogP contribution in [0.15, 0.2) is 53.4 Å². The van der Waals surface area contributed by atoms with Gasteiger partial charge < -0.3 is 10.1 Å². The van der Waals surface area contributed by atoms with Crippen molar-refractivity contribution in [3.63, 3.8) is 0 Å². The fourth-order valence-electron chi connectivity index (χ4n) is 3.19. The first-order valence-corrected chi connectivity index (χ1v) is 12.3. The van der Waals surface area contributed by atoms with E-state index in [1.54, 1.807) is 36.4 Å². The molecular weight excluding hydrogens is 436 g/mol. The molecule has 0 spiro atoms. The lowest BCUT2D eigenvalue weighted by atomic mass is 9.99. The maximum absolute atomic E-state index is 13.4. The van der Waals surface area contributed by atoms with Gasteiger partial charge in [-0.2, -0.15) is 0 Å². The summed E-state index contributed by atoms with van der Waals surface area (Å²) in [7, 11) is -2.46. The summed E-state index contributed by atoms with van der Waals surface area (Å²) in [6.07, 6.45) is 4.22. The maximum Gasteiger partial charge on any atom is 0.264 e. The van der Waals surface area contributed by atoms with Crippen molar-refractivity contribution in [2.24, 2.45) is 5.92 Å². The third-order valence-electron chi connectivity index (χ3n) is 5.18. The molecule has 0 aromatic heterocycles. The number of rotatable bonds is 12. The summed E-state index contributed by atoms with van der Waals surface area (Å²) in [6.45, 7) is 4.45. The molecule has 1 unspecified atom stereocenters.